The van der Waals surface area contributed by atoms with E-state index in [1.54, 1.807) is 18.7 Å². The number of anilines is 1. The molecule has 1 aliphatic carbocycles. The van der Waals surface area contributed by atoms with Crippen LogP contribution in [0.25, 0.3) is 0 Å². The van der Waals surface area contributed by atoms with Crippen molar-refractivity contribution in [3.05, 3.63) is 11.4 Å². The highest BCUT2D eigenvalue weighted by Crippen LogP contribution is 2.37. The van der Waals surface area contributed by atoms with Crippen LogP contribution in [-0.2, 0) is 16.5 Å². The Hall–Kier alpha value is -1.56. The lowest BCUT2D eigenvalue weighted by atomic mass is 9.84. The number of methoxy groups -OCH3 is 1. The largest absolute Gasteiger partial charge is 0.461 e. The molecule has 0 unspecified atom stereocenters. The lowest BCUT2D eigenvalue weighted by Gasteiger charge is -2.27. The SMILES string of the molecule is CCOC(=O)c1nn(C)c(C2CCC(OC)CC2)c1N. The first-order valence-corrected chi connectivity index (χ1v) is 7.10. The summed E-state index contributed by atoms with van der Waals surface area (Å²) in [5.41, 5.74) is 7.76. The Morgan fingerprint density at radius 1 is 1.40 bits per heavy atom. The first-order chi connectivity index (χ1) is 9.58. The van der Waals surface area contributed by atoms with Gasteiger partial charge in [0, 0.05) is 20.1 Å². The van der Waals surface area contributed by atoms with Gasteiger partial charge in [0.05, 0.1) is 24.1 Å². The van der Waals surface area contributed by atoms with Gasteiger partial charge in [0.15, 0.2) is 5.69 Å². The third-order valence-corrected chi connectivity index (χ3v) is 3.99. The third-order valence-electron chi connectivity index (χ3n) is 3.99. The molecule has 0 atom stereocenters. The van der Waals surface area contributed by atoms with Crippen LogP contribution in [0.4, 0.5) is 5.69 Å². The van der Waals surface area contributed by atoms with E-state index in [0.717, 1.165) is 31.4 Å². The maximum atomic E-state index is 11.8. The van der Waals surface area contributed by atoms with Gasteiger partial charge in [0.2, 0.25) is 0 Å². The van der Waals surface area contributed by atoms with Crippen molar-refractivity contribution in [3.8, 4) is 0 Å². The fourth-order valence-corrected chi connectivity index (χ4v) is 2.96. The predicted octanol–water partition coefficient (Wildman–Crippen LogP) is 1.85. The molecule has 0 bridgehead atoms. The van der Waals surface area contributed by atoms with Crippen LogP contribution in [0.2, 0.25) is 0 Å². The summed E-state index contributed by atoms with van der Waals surface area (Å²) >= 11 is 0. The summed E-state index contributed by atoms with van der Waals surface area (Å²) < 4.78 is 12.1. The Morgan fingerprint density at radius 3 is 2.60 bits per heavy atom. The second-order valence-electron chi connectivity index (χ2n) is 5.20. The van der Waals surface area contributed by atoms with Crippen molar-refractivity contribution in [1.29, 1.82) is 0 Å². The van der Waals surface area contributed by atoms with E-state index in [1.165, 1.54) is 0 Å². The maximum Gasteiger partial charge on any atom is 0.361 e. The Labute approximate surface area is 119 Å². The summed E-state index contributed by atoms with van der Waals surface area (Å²) in [7, 11) is 3.58. The van der Waals surface area contributed by atoms with Gasteiger partial charge in [-0.1, -0.05) is 0 Å². The number of carbonyl (C=O) groups is 1. The van der Waals surface area contributed by atoms with Crippen LogP contribution in [0.5, 0.6) is 0 Å². The molecule has 0 aromatic carbocycles. The van der Waals surface area contributed by atoms with Gasteiger partial charge in [-0.05, 0) is 32.6 Å². The van der Waals surface area contributed by atoms with E-state index >= 15 is 0 Å². The Bertz CT molecular complexity index is 476. The molecule has 1 aliphatic rings. The van der Waals surface area contributed by atoms with E-state index in [9.17, 15) is 4.79 Å². The lowest BCUT2D eigenvalue weighted by molar-refractivity contribution is 0.0519. The van der Waals surface area contributed by atoms with E-state index < -0.39 is 5.97 Å². The molecule has 112 valence electrons. The highest BCUT2D eigenvalue weighted by molar-refractivity contribution is 5.93. The number of hydrogen-bond acceptors (Lipinski definition) is 5. The summed E-state index contributed by atoms with van der Waals surface area (Å²) in [5, 5.41) is 4.23. The molecule has 1 fully saturated rings. The molecule has 1 saturated carbocycles. The first-order valence-electron chi connectivity index (χ1n) is 7.10. The lowest BCUT2D eigenvalue weighted by Crippen LogP contribution is -2.21. The molecule has 0 saturated heterocycles. The van der Waals surface area contributed by atoms with Gasteiger partial charge in [-0.25, -0.2) is 4.79 Å². The number of aryl methyl sites for hydroxylation is 1. The van der Waals surface area contributed by atoms with E-state index in [4.69, 9.17) is 15.2 Å². The van der Waals surface area contributed by atoms with Crippen LogP contribution in [0.1, 0.15) is 54.7 Å². The number of aromatic nitrogens is 2. The molecule has 1 aromatic heterocycles. The molecule has 2 N–H and O–H groups in total. The minimum absolute atomic E-state index is 0.234. The second-order valence-corrected chi connectivity index (χ2v) is 5.20. The van der Waals surface area contributed by atoms with Crippen molar-refractivity contribution in [2.75, 3.05) is 19.5 Å². The van der Waals surface area contributed by atoms with Crippen molar-refractivity contribution in [2.45, 2.75) is 44.6 Å². The van der Waals surface area contributed by atoms with Crippen molar-refractivity contribution in [1.82, 2.24) is 9.78 Å². The summed E-state index contributed by atoms with van der Waals surface area (Å²) in [6.07, 6.45) is 4.38. The Morgan fingerprint density at radius 2 is 2.05 bits per heavy atom. The topological polar surface area (TPSA) is 79.4 Å². The van der Waals surface area contributed by atoms with Gasteiger partial charge in [-0.2, -0.15) is 5.10 Å². The van der Waals surface area contributed by atoms with E-state index in [0.29, 0.717) is 24.3 Å². The fourth-order valence-electron chi connectivity index (χ4n) is 2.96. The number of carbonyl (C=O) groups excluding carboxylic acids is 1. The van der Waals surface area contributed by atoms with Crippen molar-refractivity contribution in [3.63, 3.8) is 0 Å². The summed E-state index contributed by atoms with van der Waals surface area (Å²) in [6, 6.07) is 0. The summed E-state index contributed by atoms with van der Waals surface area (Å²) in [6.45, 7) is 2.09. The molecule has 0 amide bonds. The number of rotatable bonds is 4. The zero-order chi connectivity index (χ0) is 14.7. The molecule has 0 spiro atoms. The highest BCUT2D eigenvalue weighted by Gasteiger charge is 2.29. The Kier molecular flexibility index (Phi) is 4.65. The average Bonchev–Trinajstić information content (AvgIpc) is 2.75. The molecule has 0 aliphatic heterocycles. The number of nitrogens with zero attached hydrogens (tertiary/aromatic N) is 2. The molecule has 20 heavy (non-hydrogen) atoms. The zero-order valence-corrected chi connectivity index (χ0v) is 12.4. The molecule has 1 aromatic rings. The van der Waals surface area contributed by atoms with Gasteiger partial charge in [0.25, 0.3) is 0 Å². The minimum Gasteiger partial charge on any atom is -0.461 e. The van der Waals surface area contributed by atoms with Gasteiger partial charge in [-0.15, -0.1) is 0 Å². The zero-order valence-electron chi connectivity index (χ0n) is 12.4. The third kappa shape index (κ3) is 2.80. The molecule has 6 nitrogen and oxygen atoms in total. The summed E-state index contributed by atoms with van der Waals surface area (Å²) in [4.78, 5) is 11.8. The van der Waals surface area contributed by atoms with Crippen LogP contribution in [-0.4, -0.2) is 35.6 Å². The molecule has 6 heteroatoms. The van der Waals surface area contributed by atoms with Crippen molar-refractivity contribution in [2.24, 2.45) is 7.05 Å². The van der Waals surface area contributed by atoms with Crippen LogP contribution in [0.3, 0.4) is 0 Å². The maximum absolute atomic E-state index is 11.8. The number of hydrogen-bond donors (Lipinski definition) is 1. The molecule has 1 heterocycles. The smallest absolute Gasteiger partial charge is 0.361 e. The number of nitrogen functional groups attached to an aromatic ring is 1. The highest BCUT2D eigenvalue weighted by atomic mass is 16.5. The first kappa shape index (κ1) is 14.8. The van der Waals surface area contributed by atoms with Gasteiger partial charge >= 0.3 is 5.97 Å². The van der Waals surface area contributed by atoms with E-state index in [1.807, 2.05) is 7.05 Å². The van der Waals surface area contributed by atoms with Crippen LogP contribution in [0, 0.1) is 0 Å². The average molecular weight is 281 g/mol. The fraction of sp³-hybridized carbons (Fsp3) is 0.714. The quantitative estimate of drug-likeness (QED) is 0.852. The number of ether oxygens (including phenoxy) is 2. The van der Waals surface area contributed by atoms with Gasteiger partial charge in [-0.3, -0.25) is 4.68 Å². The predicted molar refractivity (Wildman–Crippen MR) is 75.6 cm³/mol. The van der Waals surface area contributed by atoms with Gasteiger partial charge in [0.1, 0.15) is 0 Å². The molecular weight excluding hydrogens is 258 g/mol. The van der Waals surface area contributed by atoms with Crippen molar-refractivity contribution >= 4 is 11.7 Å². The molecule has 2 rings (SSSR count). The van der Waals surface area contributed by atoms with Crippen molar-refractivity contribution < 1.29 is 14.3 Å². The van der Waals surface area contributed by atoms with Crippen LogP contribution >= 0.6 is 0 Å². The normalized spacial score (nSPS) is 22.8. The number of nitrogens with two attached hydrogens (primary N) is 1. The standard InChI is InChI=1S/C14H23N3O3/c1-4-20-14(18)12-11(15)13(17(2)16-12)9-5-7-10(19-3)8-6-9/h9-10H,4-8,15H2,1-3H3. The van der Waals surface area contributed by atoms with Crippen LogP contribution in [0.15, 0.2) is 0 Å². The molecular formula is C14H23N3O3. The molecule has 0 radical (unpaired) electrons. The Balaban J connectivity index is 2.18. The second kappa shape index (κ2) is 6.26. The van der Waals surface area contributed by atoms with Crippen LogP contribution < -0.4 is 5.73 Å². The minimum atomic E-state index is -0.447. The van der Waals surface area contributed by atoms with E-state index in [-0.39, 0.29) is 5.69 Å². The van der Waals surface area contributed by atoms with E-state index in [2.05, 4.69) is 5.10 Å². The van der Waals surface area contributed by atoms with Gasteiger partial charge < -0.3 is 15.2 Å². The monoisotopic (exact) mass is 281 g/mol. The summed E-state index contributed by atoms with van der Waals surface area (Å²) in [5.74, 6) is -0.112. The number of esters is 1.